The number of nitrogens with one attached hydrogen (secondary N) is 1. The molecule has 0 spiro atoms. The SMILES string of the molecule is CN[C@H](C[C@H](O)C(F)(F)F)c1ccccc1. The number of hydrogen-bond donors (Lipinski definition) is 2. The van der Waals surface area contributed by atoms with Crippen molar-refractivity contribution in [3.8, 4) is 0 Å². The van der Waals surface area contributed by atoms with Crippen LogP contribution in [0.1, 0.15) is 18.0 Å². The van der Waals surface area contributed by atoms with Crippen LogP contribution in [0, 0.1) is 0 Å². The molecule has 0 aliphatic heterocycles. The lowest BCUT2D eigenvalue weighted by molar-refractivity contribution is -0.207. The van der Waals surface area contributed by atoms with E-state index in [0.717, 1.165) is 5.56 Å². The molecule has 16 heavy (non-hydrogen) atoms. The first-order valence-corrected chi connectivity index (χ1v) is 4.92. The van der Waals surface area contributed by atoms with Gasteiger partial charge in [0.2, 0.25) is 0 Å². The molecule has 0 saturated heterocycles. The number of aliphatic hydroxyl groups excluding tert-OH is 1. The van der Waals surface area contributed by atoms with Gasteiger partial charge in [0.05, 0.1) is 0 Å². The van der Waals surface area contributed by atoms with Crippen molar-refractivity contribution in [1.82, 2.24) is 5.32 Å². The molecular formula is C11H14F3NO. The van der Waals surface area contributed by atoms with E-state index < -0.39 is 18.3 Å². The van der Waals surface area contributed by atoms with E-state index in [1.807, 2.05) is 0 Å². The van der Waals surface area contributed by atoms with Crippen LogP contribution in [0.4, 0.5) is 13.2 Å². The molecule has 0 saturated carbocycles. The Kier molecular flexibility index (Phi) is 4.32. The predicted octanol–water partition coefficient (Wildman–Crippen LogP) is 2.26. The smallest absolute Gasteiger partial charge is 0.384 e. The van der Waals surface area contributed by atoms with E-state index in [0.29, 0.717) is 0 Å². The second kappa shape index (κ2) is 5.32. The van der Waals surface area contributed by atoms with E-state index >= 15 is 0 Å². The Balaban J connectivity index is 2.70. The third-order valence-electron chi connectivity index (χ3n) is 2.39. The molecule has 1 rings (SSSR count). The van der Waals surface area contributed by atoms with Gasteiger partial charge in [-0.1, -0.05) is 30.3 Å². The van der Waals surface area contributed by atoms with Gasteiger partial charge in [-0.3, -0.25) is 0 Å². The van der Waals surface area contributed by atoms with Crippen LogP contribution in [0.2, 0.25) is 0 Å². The molecule has 0 unspecified atom stereocenters. The van der Waals surface area contributed by atoms with Gasteiger partial charge in [-0.05, 0) is 12.6 Å². The molecule has 2 nitrogen and oxygen atoms in total. The fraction of sp³-hybridized carbons (Fsp3) is 0.455. The van der Waals surface area contributed by atoms with Gasteiger partial charge in [0.15, 0.2) is 6.10 Å². The van der Waals surface area contributed by atoms with E-state index in [1.165, 1.54) is 0 Å². The van der Waals surface area contributed by atoms with Crippen molar-refractivity contribution in [3.05, 3.63) is 35.9 Å². The second-order valence-electron chi connectivity index (χ2n) is 3.55. The zero-order valence-electron chi connectivity index (χ0n) is 8.83. The van der Waals surface area contributed by atoms with Gasteiger partial charge in [0.1, 0.15) is 0 Å². The summed E-state index contributed by atoms with van der Waals surface area (Å²) < 4.78 is 36.6. The minimum Gasteiger partial charge on any atom is -0.384 e. The summed E-state index contributed by atoms with van der Waals surface area (Å²) in [6, 6.07) is 8.24. The quantitative estimate of drug-likeness (QED) is 0.836. The van der Waals surface area contributed by atoms with Crippen molar-refractivity contribution in [2.24, 2.45) is 0 Å². The summed E-state index contributed by atoms with van der Waals surface area (Å²) in [5.41, 5.74) is 0.730. The Morgan fingerprint density at radius 2 is 1.81 bits per heavy atom. The highest BCUT2D eigenvalue weighted by molar-refractivity contribution is 5.18. The molecule has 0 aromatic heterocycles. The van der Waals surface area contributed by atoms with Gasteiger partial charge in [-0.2, -0.15) is 13.2 Å². The molecule has 0 heterocycles. The zero-order chi connectivity index (χ0) is 12.2. The van der Waals surface area contributed by atoms with Crippen LogP contribution in [0.25, 0.3) is 0 Å². The Labute approximate surface area is 92.1 Å². The van der Waals surface area contributed by atoms with Crippen molar-refractivity contribution >= 4 is 0 Å². The van der Waals surface area contributed by atoms with Crippen molar-refractivity contribution in [2.45, 2.75) is 24.7 Å². The maximum Gasteiger partial charge on any atom is 0.414 e. The lowest BCUT2D eigenvalue weighted by Crippen LogP contribution is -2.33. The second-order valence-corrected chi connectivity index (χ2v) is 3.55. The molecule has 5 heteroatoms. The van der Waals surface area contributed by atoms with Crippen LogP contribution in [0.3, 0.4) is 0 Å². The summed E-state index contributed by atoms with van der Waals surface area (Å²) in [7, 11) is 1.57. The summed E-state index contributed by atoms with van der Waals surface area (Å²) in [6.45, 7) is 0. The highest BCUT2D eigenvalue weighted by Gasteiger charge is 2.39. The standard InChI is InChI=1S/C11H14F3NO/c1-15-9(7-10(16)11(12,13)14)8-5-3-2-4-6-8/h2-6,9-10,15-16H,7H2,1H3/t9-,10+/m1/s1. The van der Waals surface area contributed by atoms with Gasteiger partial charge in [-0.25, -0.2) is 0 Å². The van der Waals surface area contributed by atoms with Crippen LogP contribution in [0.5, 0.6) is 0 Å². The minimum atomic E-state index is -4.57. The van der Waals surface area contributed by atoms with Gasteiger partial charge >= 0.3 is 6.18 Å². The summed E-state index contributed by atoms with van der Waals surface area (Å²) in [5, 5.41) is 11.7. The third-order valence-corrected chi connectivity index (χ3v) is 2.39. The van der Waals surface area contributed by atoms with Crippen LogP contribution in [-0.2, 0) is 0 Å². The first kappa shape index (κ1) is 13.0. The highest BCUT2D eigenvalue weighted by Crippen LogP contribution is 2.27. The molecule has 2 atom stereocenters. The third kappa shape index (κ3) is 3.50. The monoisotopic (exact) mass is 233 g/mol. The Bertz CT molecular complexity index is 313. The molecular weight excluding hydrogens is 219 g/mol. The zero-order valence-corrected chi connectivity index (χ0v) is 8.83. The van der Waals surface area contributed by atoms with Gasteiger partial charge in [0, 0.05) is 12.5 Å². The average Bonchev–Trinajstić information content (AvgIpc) is 2.25. The normalized spacial score (nSPS) is 15.8. The Morgan fingerprint density at radius 3 is 2.25 bits per heavy atom. The molecule has 0 radical (unpaired) electrons. The topological polar surface area (TPSA) is 32.3 Å². The van der Waals surface area contributed by atoms with Gasteiger partial charge in [-0.15, -0.1) is 0 Å². The minimum absolute atomic E-state index is 0.385. The summed E-state index contributed by atoms with van der Waals surface area (Å²) in [6.07, 6.45) is -7.25. The molecule has 90 valence electrons. The number of rotatable bonds is 4. The molecule has 0 fully saturated rings. The van der Waals surface area contributed by atoms with E-state index in [1.54, 1.807) is 37.4 Å². The largest absolute Gasteiger partial charge is 0.414 e. The number of aliphatic hydroxyl groups is 1. The van der Waals surface area contributed by atoms with Crippen molar-refractivity contribution in [1.29, 1.82) is 0 Å². The Morgan fingerprint density at radius 1 is 1.25 bits per heavy atom. The van der Waals surface area contributed by atoms with E-state index in [9.17, 15) is 13.2 Å². The molecule has 0 amide bonds. The summed E-state index contributed by atoms with van der Waals surface area (Å²) in [4.78, 5) is 0. The molecule has 0 bridgehead atoms. The van der Waals surface area contributed by atoms with E-state index in [2.05, 4.69) is 5.32 Å². The maximum absolute atomic E-state index is 12.2. The summed E-state index contributed by atoms with van der Waals surface area (Å²) in [5.74, 6) is 0. The number of alkyl halides is 3. The van der Waals surface area contributed by atoms with E-state index in [4.69, 9.17) is 5.11 Å². The van der Waals surface area contributed by atoms with Crippen molar-refractivity contribution in [3.63, 3.8) is 0 Å². The lowest BCUT2D eigenvalue weighted by Gasteiger charge is -2.21. The van der Waals surface area contributed by atoms with Gasteiger partial charge < -0.3 is 10.4 Å². The number of halogens is 3. The van der Waals surface area contributed by atoms with Crippen LogP contribution in [-0.4, -0.2) is 24.4 Å². The molecule has 0 aliphatic carbocycles. The fourth-order valence-electron chi connectivity index (χ4n) is 1.46. The van der Waals surface area contributed by atoms with Crippen LogP contribution in [0.15, 0.2) is 30.3 Å². The van der Waals surface area contributed by atoms with Crippen LogP contribution >= 0.6 is 0 Å². The predicted molar refractivity (Wildman–Crippen MR) is 54.9 cm³/mol. The average molecular weight is 233 g/mol. The van der Waals surface area contributed by atoms with Crippen molar-refractivity contribution in [2.75, 3.05) is 7.05 Å². The molecule has 1 aromatic rings. The molecule has 1 aromatic carbocycles. The van der Waals surface area contributed by atoms with Crippen molar-refractivity contribution < 1.29 is 18.3 Å². The fourth-order valence-corrected chi connectivity index (χ4v) is 1.46. The van der Waals surface area contributed by atoms with E-state index in [-0.39, 0.29) is 6.42 Å². The summed E-state index contributed by atoms with van der Waals surface area (Å²) >= 11 is 0. The number of benzene rings is 1. The van der Waals surface area contributed by atoms with Crippen LogP contribution < -0.4 is 5.32 Å². The van der Waals surface area contributed by atoms with Gasteiger partial charge in [0.25, 0.3) is 0 Å². The first-order chi connectivity index (χ1) is 7.45. The first-order valence-electron chi connectivity index (χ1n) is 4.92. The Hall–Kier alpha value is -1.07. The maximum atomic E-state index is 12.2. The lowest BCUT2D eigenvalue weighted by atomic mass is 10.0. The molecule has 2 N–H and O–H groups in total. The highest BCUT2D eigenvalue weighted by atomic mass is 19.4. The molecule has 0 aliphatic rings. The number of hydrogen-bond acceptors (Lipinski definition) is 2.